The molecule has 0 aliphatic rings. The van der Waals surface area contributed by atoms with Crippen molar-refractivity contribution < 1.29 is 9.59 Å². The predicted octanol–water partition coefficient (Wildman–Crippen LogP) is 2.52. The average molecular weight is 534 g/mol. The van der Waals surface area contributed by atoms with Gasteiger partial charge in [-0.3, -0.25) is 9.59 Å². The zero-order chi connectivity index (χ0) is 28.6. The number of amides is 2. The van der Waals surface area contributed by atoms with E-state index in [4.69, 9.17) is 5.41 Å². The van der Waals surface area contributed by atoms with Gasteiger partial charge in [0.05, 0.1) is 18.3 Å². The topological polar surface area (TPSA) is 138 Å². The minimum absolute atomic E-state index is 0.00288. The number of rotatable bonds is 14. The molecule has 2 amide bonds. The fraction of sp³-hybridized carbons (Fsp3) is 0.393. The molecule has 0 aliphatic carbocycles. The lowest BCUT2D eigenvalue weighted by molar-refractivity contribution is -0.131. The van der Waals surface area contributed by atoms with Gasteiger partial charge in [0.2, 0.25) is 17.8 Å². The van der Waals surface area contributed by atoms with Gasteiger partial charge in [0.1, 0.15) is 5.82 Å². The van der Waals surface area contributed by atoms with Gasteiger partial charge in [0, 0.05) is 69.4 Å². The molecule has 11 heteroatoms. The number of aromatic nitrogens is 2. The summed E-state index contributed by atoms with van der Waals surface area (Å²) < 4.78 is 0. The molecule has 39 heavy (non-hydrogen) atoms. The normalized spacial score (nSPS) is 10.5. The van der Waals surface area contributed by atoms with E-state index in [1.807, 2.05) is 51.2 Å². The van der Waals surface area contributed by atoms with E-state index in [-0.39, 0.29) is 18.4 Å². The van der Waals surface area contributed by atoms with Gasteiger partial charge in [-0.25, -0.2) is 4.98 Å². The van der Waals surface area contributed by atoms with Crippen LogP contribution in [0.1, 0.15) is 30.9 Å². The van der Waals surface area contributed by atoms with Crippen molar-refractivity contribution in [3.05, 3.63) is 47.7 Å². The summed E-state index contributed by atoms with van der Waals surface area (Å²) in [6, 6.07) is 5.63. The molecule has 1 aromatic heterocycles. The fourth-order valence-electron chi connectivity index (χ4n) is 3.36. The SMILES string of the molecule is CCNc1nc(Nc2ccc(NC)c(C=N)c2)ncc1C#CCCCNC(=O)CN(C)C(=O)/C=C/CN(C)C. The molecule has 208 valence electrons. The summed E-state index contributed by atoms with van der Waals surface area (Å²) in [5.41, 5.74) is 3.06. The Morgan fingerprint density at radius 3 is 2.69 bits per heavy atom. The van der Waals surface area contributed by atoms with Crippen molar-refractivity contribution in [2.75, 3.05) is 70.3 Å². The van der Waals surface area contributed by atoms with Gasteiger partial charge in [-0.05, 0) is 45.6 Å². The van der Waals surface area contributed by atoms with Crippen molar-refractivity contribution in [2.45, 2.75) is 19.8 Å². The minimum atomic E-state index is -0.209. The third-order valence-electron chi connectivity index (χ3n) is 5.38. The van der Waals surface area contributed by atoms with Gasteiger partial charge in [-0.1, -0.05) is 17.9 Å². The molecular formula is C28H39N9O2. The Morgan fingerprint density at radius 2 is 2.00 bits per heavy atom. The number of benzene rings is 1. The molecular weight excluding hydrogens is 494 g/mol. The summed E-state index contributed by atoms with van der Waals surface area (Å²) in [5, 5.41) is 19.9. The summed E-state index contributed by atoms with van der Waals surface area (Å²) in [6.07, 6.45) is 7.46. The van der Waals surface area contributed by atoms with E-state index < -0.39 is 0 Å². The van der Waals surface area contributed by atoms with E-state index in [1.165, 1.54) is 17.2 Å². The molecule has 0 spiro atoms. The minimum Gasteiger partial charge on any atom is -0.388 e. The molecule has 0 bridgehead atoms. The van der Waals surface area contributed by atoms with E-state index in [1.54, 1.807) is 19.3 Å². The predicted molar refractivity (Wildman–Crippen MR) is 158 cm³/mol. The fourth-order valence-corrected chi connectivity index (χ4v) is 3.36. The summed E-state index contributed by atoms with van der Waals surface area (Å²) in [6.45, 7) is 3.79. The van der Waals surface area contributed by atoms with Crippen LogP contribution in [0.25, 0.3) is 0 Å². The largest absolute Gasteiger partial charge is 0.388 e. The van der Waals surface area contributed by atoms with Crippen LogP contribution in [0.15, 0.2) is 36.5 Å². The van der Waals surface area contributed by atoms with Crippen molar-refractivity contribution in [3.63, 3.8) is 0 Å². The second-order valence-electron chi connectivity index (χ2n) is 8.92. The smallest absolute Gasteiger partial charge is 0.246 e. The van der Waals surface area contributed by atoms with Crippen LogP contribution in [0.3, 0.4) is 0 Å². The second-order valence-corrected chi connectivity index (χ2v) is 8.92. The first-order chi connectivity index (χ1) is 18.8. The molecule has 0 fully saturated rings. The number of likely N-dealkylation sites (N-methyl/N-ethyl adjacent to an activating group) is 2. The van der Waals surface area contributed by atoms with Crippen LogP contribution in [-0.2, 0) is 9.59 Å². The zero-order valence-corrected chi connectivity index (χ0v) is 23.4. The Kier molecular flexibility index (Phi) is 13.0. The molecule has 5 N–H and O–H groups in total. The Bertz CT molecular complexity index is 1220. The highest BCUT2D eigenvalue weighted by Gasteiger charge is 2.10. The van der Waals surface area contributed by atoms with Gasteiger partial charge in [0.25, 0.3) is 0 Å². The monoisotopic (exact) mass is 533 g/mol. The summed E-state index contributed by atoms with van der Waals surface area (Å²) in [5.74, 6) is 6.85. The maximum absolute atomic E-state index is 12.1. The average Bonchev–Trinajstić information content (AvgIpc) is 2.91. The zero-order valence-electron chi connectivity index (χ0n) is 23.4. The van der Waals surface area contributed by atoms with E-state index in [0.29, 0.717) is 49.8 Å². The lowest BCUT2D eigenvalue weighted by Gasteiger charge is -2.14. The highest BCUT2D eigenvalue weighted by Crippen LogP contribution is 2.22. The van der Waals surface area contributed by atoms with Gasteiger partial charge >= 0.3 is 0 Å². The number of carbonyl (C=O) groups excluding carboxylic acids is 2. The first-order valence-electron chi connectivity index (χ1n) is 12.8. The molecule has 0 radical (unpaired) electrons. The number of nitrogens with zero attached hydrogens (tertiary/aromatic N) is 4. The Balaban J connectivity index is 1.86. The highest BCUT2D eigenvalue weighted by atomic mass is 16.2. The van der Waals surface area contributed by atoms with Crippen LogP contribution in [-0.4, -0.2) is 92.2 Å². The summed E-state index contributed by atoms with van der Waals surface area (Å²) >= 11 is 0. The number of anilines is 4. The third-order valence-corrected chi connectivity index (χ3v) is 5.38. The molecule has 0 saturated heterocycles. The van der Waals surface area contributed by atoms with Crippen molar-refractivity contribution in [1.82, 2.24) is 25.1 Å². The first kappa shape index (κ1) is 30.8. The maximum Gasteiger partial charge on any atom is 0.246 e. The van der Waals surface area contributed by atoms with Crippen molar-refractivity contribution in [1.29, 1.82) is 5.41 Å². The molecule has 2 rings (SSSR count). The molecule has 1 heterocycles. The van der Waals surface area contributed by atoms with Crippen LogP contribution in [0.5, 0.6) is 0 Å². The lowest BCUT2D eigenvalue weighted by atomic mass is 10.1. The Labute approximate surface area is 231 Å². The number of unbranched alkanes of at least 4 members (excludes halogenated alkanes) is 1. The van der Waals surface area contributed by atoms with Gasteiger partial charge in [0.15, 0.2) is 0 Å². The Morgan fingerprint density at radius 1 is 1.21 bits per heavy atom. The first-order valence-corrected chi connectivity index (χ1v) is 12.8. The van der Waals surface area contributed by atoms with E-state index >= 15 is 0 Å². The van der Waals surface area contributed by atoms with E-state index in [9.17, 15) is 9.59 Å². The Hall–Kier alpha value is -4.43. The maximum atomic E-state index is 12.1. The van der Waals surface area contributed by atoms with Gasteiger partial charge in [-0.2, -0.15) is 4.98 Å². The van der Waals surface area contributed by atoms with Crippen LogP contribution >= 0.6 is 0 Å². The number of nitrogens with one attached hydrogen (secondary N) is 5. The van der Waals surface area contributed by atoms with Crippen molar-refractivity contribution >= 4 is 41.2 Å². The van der Waals surface area contributed by atoms with Crippen LogP contribution < -0.4 is 21.3 Å². The number of hydrogen-bond donors (Lipinski definition) is 5. The van der Waals surface area contributed by atoms with Crippen LogP contribution in [0, 0.1) is 17.3 Å². The van der Waals surface area contributed by atoms with Crippen molar-refractivity contribution in [2.24, 2.45) is 0 Å². The number of hydrogen-bond acceptors (Lipinski definition) is 9. The second kappa shape index (κ2) is 16.4. The molecule has 1 aromatic carbocycles. The molecule has 11 nitrogen and oxygen atoms in total. The number of carbonyl (C=O) groups is 2. The van der Waals surface area contributed by atoms with Gasteiger partial charge < -0.3 is 36.5 Å². The molecule has 0 aliphatic heterocycles. The van der Waals surface area contributed by atoms with Crippen molar-refractivity contribution in [3.8, 4) is 11.8 Å². The molecule has 0 atom stereocenters. The van der Waals surface area contributed by atoms with Crippen LogP contribution in [0.4, 0.5) is 23.1 Å². The summed E-state index contributed by atoms with van der Waals surface area (Å²) in [4.78, 5) is 36.4. The summed E-state index contributed by atoms with van der Waals surface area (Å²) in [7, 11) is 7.25. The standard InChI is InChI=1S/C28H39N9O2/c1-6-31-27-21(19-33-28(35-27)34-23-13-14-24(30-2)22(17-23)18-29)11-8-7-9-15-32-25(38)20-37(5)26(39)12-10-16-36(3)4/h10,12-14,17-19,29-30H,6-7,9,15-16,20H2,1-5H3,(H,32,38)(H2,31,33,34,35)/b12-10+,29-18?. The highest BCUT2D eigenvalue weighted by molar-refractivity contribution is 5.91. The van der Waals surface area contributed by atoms with E-state index in [2.05, 4.69) is 43.1 Å². The quantitative estimate of drug-likeness (QED) is 0.108. The van der Waals surface area contributed by atoms with E-state index in [0.717, 1.165) is 16.9 Å². The van der Waals surface area contributed by atoms with Crippen LogP contribution in [0.2, 0.25) is 0 Å². The molecule has 2 aromatic rings. The molecule has 0 unspecified atom stereocenters. The lowest BCUT2D eigenvalue weighted by Crippen LogP contribution is -2.38. The molecule has 0 saturated carbocycles. The third kappa shape index (κ3) is 10.8. The van der Waals surface area contributed by atoms with Gasteiger partial charge in [-0.15, -0.1) is 0 Å².